The molecule has 3 heteroatoms. The van der Waals surface area contributed by atoms with E-state index in [9.17, 15) is 0 Å². The van der Waals surface area contributed by atoms with Gasteiger partial charge in [-0.15, -0.1) is 0 Å². The second-order valence-corrected chi connectivity index (χ2v) is 8.42. The fourth-order valence-corrected chi connectivity index (χ4v) is 4.17. The lowest BCUT2D eigenvalue weighted by atomic mass is 9.84. The molecule has 2 saturated heterocycles. The number of anilines is 1. The fourth-order valence-electron chi connectivity index (χ4n) is 4.17. The molecule has 0 aliphatic carbocycles. The molecular formula is C20H32N2O. The van der Waals surface area contributed by atoms with Crippen LogP contribution in [0.1, 0.15) is 32.8 Å². The summed E-state index contributed by atoms with van der Waals surface area (Å²) in [4.78, 5) is 5.21. The smallest absolute Gasteiger partial charge is 0.0589 e. The highest BCUT2D eigenvalue weighted by molar-refractivity contribution is 5.49. The summed E-state index contributed by atoms with van der Waals surface area (Å²) in [6.07, 6.45) is 1.40. The van der Waals surface area contributed by atoms with Gasteiger partial charge in [-0.05, 0) is 41.4 Å². The van der Waals surface area contributed by atoms with Crippen molar-refractivity contribution in [3.8, 4) is 0 Å². The molecule has 0 aromatic heterocycles. The maximum absolute atomic E-state index is 5.24. The second kappa shape index (κ2) is 6.82. The maximum Gasteiger partial charge on any atom is 0.0589 e. The number of ether oxygens (including phenoxy) is 1. The molecule has 2 unspecified atom stereocenters. The SMILES string of the molecule is COCCN1CC2CC(C1)CN(c1ccc(C(C)(C)C)cc1)C2. The van der Waals surface area contributed by atoms with Crippen LogP contribution in [-0.4, -0.2) is 51.3 Å². The Morgan fingerprint density at radius 1 is 1.00 bits per heavy atom. The van der Waals surface area contributed by atoms with E-state index in [0.717, 1.165) is 25.0 Å². The molecule has 0 saturated carbocycles. The van der Waals surface area contributed by atoms with Crippen LogP contribution in [0.4, 0.5) is 5.69 Å². The van der Waals surface area contributed by atoms with Crippen molar-refractivity contribution >= 4 is 5.69 Å². The maximum atomic E-state index is 5.24. The molecule has 0 amide bonds. The first-order valence-electron chi connectivity index (χ1n) is 9.02. The van der Waals surface area contributed by atoms with Crippen LogP contribution < -0.4 is 4.90 Å². The lowest BCUT2D eigenvalue weighted by molar-refractivity contribution is 0.0779. The summed E-state index contributed by atoms with van der Waals surface area (Å²) >= 11 is 0. The van der Waals surface area contributed by atoms with E-state index in [1.54, 1.807) is 7.11 Å². The molecule has 1 aromatic rings. The lowest BCUT2D eigenvalue weighted by Gasteiger charge is -2.46. The van der Waals surface area contributed by atoms with Gasteiger partial charge in [0.25, 0.3) is 0 Å². The lowest BCUT2D eigenvalue weighted by Crippen LogP contribution is -2.53. The fraction of sp³-hybridized carbons (Fsp3) is 0.700. The molecule has 128 valence electrons. The van der Waals surface area contributed by atoms with Crippen molar-refractivity contribution in [2.75, 3.05) is 51.3 Å². The van der Waals surface area contributed by atoms with Crippen LogP contribution in [0.3, 0.4) is 0 Å². The van der Waals surface area contributed by atoms with E-state index in [1.807, 2.05) is 0 Å². The van der Waals surface area contributed by atoms with Crippen molar-refractivity contribution in [3.63, 3.8) is 0 Å². The van der Waals surface area contributed by atoms with E-state index in [4.69, 9.17) is 4.74 Å². The van der Waals surface area contributed by atoms with E-state index in [2.05, 4.69) is 54.8 Å². The predicted molar refractivity (Wildman–Crippen MR) is 97.3 cm³/mol. The zero-order chi connectivity index (χ0) is 16.4. The highest BCUT2D eigenvalue weighted by Crippen LogP contribution is 2.32. The number of nitrogens with zero attached hydrogens (tertiary/aromatic N) is 2. The van der Waals surface area contributed by atoms with E-state index in [1.165, 1.54) is 43.9 Å². The molecule has 2 aliphatic heterocycles. The standard InChI is InChI=1S/C20H32N2O/c1-20(2,3)18-5-7-19(8-6-18)22-14-16-11-17(15-22)13-21(12-16)9-10-23-4/h5-8,16-17H,9-15H2,1-4H3. The quantitative estimate of drug-likeness (QED) is 0.847. The number of hydrogen-bond donors (Lipinski definition) is 0. The van der Waals surface area contributed by atoms with Crippen molar-refractivity contribution in [1.82, 2.24) is 4.90 Å². The first-order valence-corrected chi connectivity index (χ1v) is 9.02. The third kappa shape index (κ3) is 4.07. The Morgan fingerprint density at radius 3 is 2.13 bits per heavy atom. The van der Waals surface area contributed by atoms with Gasteiger partial charge in [-0.25, -0.2) is 0 Å². The average Bonchev–Trinajstić information content (AvgIpc) is 2.51. The minimum Gasteiger partial charge on any atom is -0.383 e. The van der Waals surface area contributed by atoms with Gasteiger partial charge in [0.1, 0.15) is 0 Å². The highest BCUT2D eigenvalue weighted by atomic mass is 16.5. The third-order valence-corrected chi connectivity index (χ3v) is 5.37. The molecule has 2 bridgehead atoms. The second-order valence-electron chi connectivity index (χ2n) is 8.42. The number of benzene rings is 1. The zero-order valence-corrected chi connectivity index (χ0v) is 15.2. The Morgan fingerprint density at radius 2 is 1.61 bits per heavy atom. The summed E-state index contributed by atoms with van der Waals surface area (Å²) in [7, 11) is 1.80. The van der Waals surface area contributed by atoms with E-state index < -0.39 is 0 Å². The summed E-state index contributed by atoms with van der Waals surface area (Å²) in [6, 6.07) is 9.27. The van der Waals surface area contributed by atoms with Crippen molar-refractivity contribution in [2.24, 2.45) is 11.8 Å². The van der Waals surface area contributed by atoms with Gasteiger partial charge in [-0.3, -0.25) is 0 Å². The number of methoxy groups -OCH3 is 1. The van der Waals surface area contributed by atoms with Gasteiger partial charge in [0, 0.05) is 45.5 Å². The molecule has 2 atom stereocenters. The molecule has 1 aromatic carbocycles. The van der Waals surface area contributed by atoms with Crippen molar-refractivity contribution in [2.45, 2.75) is 32.6 Å². The van der Waals surface area contributed by atoms with Gasteiger partial charge in [0.15, 0.2) is 0 Å². The monoisotopic (exact) mass is 316 g/mol. The zero-order valence-electron chi connectivity index (χ0n) is 15.2. The van der Waals surface area contributed by atoms with Crippen LogP contribution in [0, 0.1) is 11.8 Å². The third-order valence-electron chi connectivity index (χ3n) is 5.37. The minimum atomic E-state index is 0.235. The molecule has 2 aliphatic rings. The van der Waals surface area contributed by atoms with Crippen LogP contribution in [-0.2, 0) is 10.2 Å². The molecule has 0 radical (unpaired) electrons. The Kier molecular flexibility index (Phi) is 4.98. The van der Waals surface area contributed by atoms with Crippen LogP contribution in [0.15, 0.2) is 24.3 Å². The Bertz CT molecular complexity index is 491. The average molecular weight is 316 g/mol. The molecular weight excluding hydrogens is 284 g/mol. The summed E-state index contributed by atoms with van der Waals surface area (Å²) in [5.74, 6) is 1.61. The van der Waals surface area contributed by atoms with Gasteiger partial charge in [0.05, 0.1) is 6.61 Å². The summed E-state index contributed by atoms with van der Waals surface area (Å²) in [6.45, 7) is 13.7. The molecule has 0 spiro atoms. The largest absolute Gasteiger partial charge is 0.383 e. The highest BCUT2D eigenvalue weighted by Gasteiger charge is 2.34. The topological polar surface area (TPSA) is 15.7 Å². The van der Waals surface area contributed by atoms with Crippen LogP contribution in [0.5, 0.6) is 0 Å². The first kappa shape index (κ1) is 16.8. The van der Waals surface area contributed by atoms with Crippen LogP contribution in [0.2, 0.25) is 0 Å². The van der Waals surface area contributed by atoms with E-state index >= 15 is 0 Å². The van der Waals surface area contributed by atoms with Crippen molar-refractivity contribution < 1.29 is 4.74 Å². The normalized spacial score (nSPS) is 25.7. The van der Waals surface area contributed by atoms with Crippen LogP contribution >= 0.6 is 0 Å². The van der Waals surface area contributed by atoms with Crippen molar-refractivity contribution in [3.05, 3.63) is 29.8 Å². The van der Waals surface area contributed by atoms with E-state index in [0.29, 0.717) is 0 Å². The predicted octanol–water partition coefficient (Wildman–Crippen LogP) is 3.39. The molecule has 2 heterocycles. The Balaban J connectivity index is 1.63. The number of piperidine rings is 2. The van der Waals surface area contributed by atoms with Gasteiger partial charge < -0.3 is 14.5 Å². The number of rotatable bonds is 4. The van der Waals surface area contributed by atoms with Gasteiger partial charge in [0.2, 0.25) is 0 Å². The summed E-state index contributed by atoms with van der Waals surface area (Å²) < 4.78 is 5.24. The molecule has 2 fully saturated rings. The van der Waals surface area contributed by atoms with Crippen molar-refractivity contribution in [1.29, 1.82) is 0 Å². The van der Waals surface area contributed by atoms with Gasteiger partial charge in [-0.1, -0.05) is 32.9 Å². The van der Waals surface area contributed by atoms with Crippen LogP contribution in [0.25, 0.3) is 0 Å². The first-order chi connectivity index (χ1) is 11.0. The number of hydrogen-bond acceptors (Lipinski definition) is 3. The molecule has 23 heavy (non-hydrogen) atoms. The Labute approximate surface area is 141 Å². The molecule has 3 rings (SSSR count). The van der Waals surface area contributed by atoms with E-state index in [-0.39, 0.29) is 5.41 Å². The van der Waals surface area contributed by atoms with Gasteiger partial charge in [-0.2, -0.15) is 0 Å². The molecule has 0 N–H and O–H groups in total. The molecule has 3 nitrogen and oxygen atoms in total. The minimum absolute atomic E-state index is 0.235. The number of likely N-dealkylation sites (tertiary alicyclic amines) is 1. The Hall–Kier alpha value is -1.06. The number of fused-ring (bicyclic) bond motifs is 2. The summed E-state index contributed by atoms with van der Waals surface area (Å²) in [5.41, 5.74) is 3.06. The summed E-state index contributed by atoms with van der Waals surface area (Å²) in [5, 5.41) is 0. The van der Waals surface area contributed by atoms with Gasteiger partial charge >= 0.3 is 0 Å².